The summed E-state index contributed by atoms with van der Waals surface area (Å²) in [5.41, 5.74) is 1.06. The molecule has 0 atom stereocenters. The Morgan fingerprint density at radius 2 is 1.62 bits per heavy atom. The number of amides is 1. The number of carbonyl (C=O) groups excluding carboxylic acids is 1. The number of anilines is 1. The number of hydrogen-bond donors (Lipinski definition) is 2. The van der Waals surface area contributed by atoms with Crippen molar-refractivity contribution in [2.75, 3.05) is 18.5 Å². The molecule has 0 aliphatic carbocycles. The molecule has 0 bridgehead atoms. The minimum absolute atomic E-state index is 0.166. The molecule has 0 aromatic heterocycles. The molecule has 5 nitrogen and oxygen atoms in total. The number of nitrogens with one attached hydrogen (secondary N) is 2. The SMILES string of the molecule is O=C(NC(=S)Nc1cccc(Cl)c1)c1ccccc1OCCOc1ccccc1. The molecule has 2 N–H and O–H groups in total. The van der Waals surface area contributed by atoms with Gasteiger partial charge < -0.3 is 14.8 Å². The van der Waals surface area contributed by atoms with Crippen LogP contribution in [0.25, 0.3) is 0 Å². The number of hydrogen-bond acceptors (Lipinski definition) is 4. The maximum absolute atomic E-state index is 12.6. The van der Waals surface area contributed by atoms with Gasteiger partial charge in [-0.1, -0.05) is 48.0 Å². The van der Waals surface area contributed by atoms with Gasteiger partial charge in [-0.3, -0.25) is 10.1 Å². The normalized spacial score (nSPS) is 10.1. The van der Waals surface area contributed by atoms with Gasteiger partial charge in [-0.25, -0.2) is 0 Å². The molecule has 3 rings (SSSR count). The number of rotatable bonds is 7. The molecule has 7 heteroatoms. The lowest BCUT2D eigenvalue weighted by atomic mass is 10.2. The van der Waals surface area contributed by atoms with Crippen molar-refractivity contribution < 1.29 is 14.3 Å². The van der Waals surface area contributed by atoms with Gasteiger partial charge in [0.2, 0.25) is 0 Å². The lowest BCUT2D eigenvalue weighted by Gasteiger charge is -2.13. The summed E-state index contributed by atoms with van der Waals surface area (Å²) in [4.78, 5) is 12.6. The van der Waals surface area contributed by atoms with E-state index in [1.165, 1.54) is 0 Å². The summed E-state index contributed by atoms with van der Waals surface area (Å²) >= 11 is 11.2. The Hall–Kier alpha value is -3.09. The summed E-state index contributed by atoms with van der Waals surface area (Å²) in [7, 11) is 0. The monoisotopic (exact) mass is 426 g/mol. The molecule has 1 amide bonds. The molecule has 29 heavy (non-hydrogen) atoms. The molecule has 0 heterocycles. The topological polar surface area (TPSA) is 59.6 Å². The van der Waals surface area contributed by atoms with Crippen LogP contribution in [0.3, 0.4) is 0 Å². The molecule has 3 aromatic carbocycles. The molecule has 0 spiro atoms. The van der Waals surface area contributed by atoms with Crippen LogP contribution in [0.15, 0.2) is 78.9 Å². The predicted molar refractivity (Wildman–Crippen MR) is 119 cm³/mol. The Balaban J connectivity index is 1.54. The van der Waals surface area contributed by atoms with Crippen molar-refractivity contribution in [1.82, 2.24) is 5.32 Å². The minimum Gasteiger partial charge on any atom is -0.490 e. The molecule has 0 aliphatic heterocycles. The third kappa shape index (κ3) is 6.48. The van der Waals surface area contributed by atoms with Gasteiger partial charge in [0.1, 0.15) is 24.7 Å². The largest absolute Gasteiger partial charge is 0.490 e. The summed E-state index contributed by atoms with van der Waals surface area (Å²) in [5, 5.41) is 6.31. The van der Waals surface area contributed by atoms with E-state index in [4.69, 9.17) is 33.3 Å². The van der Waals surface area contributed by atoms with E-state index in [2.05, 4.69) is 10.6 Å². The summed E-state index contributed by atoms with van der Waals surface area (Å²) in [5.74, 6) is 0.843. The molecule has 0 saturated heterocycles. The number of halogens is 1. The van der Waals surface area contributed by atoms with E-state index in [1.54, 1.807) is 48.5 Å². The second kappa shape index (κ2) is 10.5. The first-order valence-electron chi connectivity index (χ1n) is 8.89. The zero-order valence-electron chi connectivity index (χ0n) is 15.4. The Bertz CT molecular complexity index is 983. The fraction of sp³-hybridized carbons (Fsp3) is 0.0909. The third-order valence-corrected chi connectivity index (χ3v) is 4.23. The number of ether oxygens (including phenoxy) is 2. The molecular formula is C22H19ClN2O3S. The molecule has 0 saturated carbocycles. The average Bonchev–Trinajstić information content (AvgIpc) is 2.72. The highest BCUT2D eigenvalue weighted by Gasteiger charge is 2.13. The van der Waals surface area contributed by atoms with Gasteiger partial charge in [-0.2, -0.15) is 0 Å². The van der Waals surface area contributed by atoms with E-state index >= 15 is 0 Å². The van der Waals surface area contributed by atoms with Crippen LogP contribution in [-0.4, -0.2) is 24.2 Å². The first-order valence-corrected chi connectivity index (χ1v) is 9.68. The van der Waals surface area contributed by atoms with Crippen LogP contribution in [0.5, 0.6) is 11.5 Å². The van der Waals surface area contributed by atoms with Crippen LogP contribution in [0.2, 0.25) is 5.02 Å². The Morgan fingerprint density at radius 3 is 2.41 bits per heavy atom. The lowest BCUT2D eigenvalue weighted by molar-refractivity contribution is 0.0972. The van der Waals surface area contributed by atoms with Crippen LogP contribution in [0, 0.1) is 0 Å². The maximum Gasteiger partial charge on any atom is 0.261 e. The van der Waals surface area contributed by atoms with Gasteiger partial charge in [-0.15, -0.1) is 0 Å². The molecule has 0 fully saturated rings. The minimum atomic E-state index is -0.371. The number of benzene rings is 3. The fourth-order valence-electron chi connectivity index (χ4n) is 2.51. The van der Waals surface area contributed by atoms with Gasteiger partial charge >= 0.3 is 0 Å². The van der Waals surface area contributed by atoms with Crippen molar-refractivity contribution in [2.24, 2.45) is 0 Å². The maximum atomic E-state index is 12.6. The molecule has 3 aromatic rings. The quantitative estimate of drug-likeness (QED) is 0.414. The number of carbonyl (C=O) groups is 1. The van der Waals surface area contributed by atoms with E-state index < -0.39 is 0 Å². The summed E-state index contributed by atoms with van der Waals surface area (Å²) in [6.07, 6.45) is 0. The van der Waals surface area contributed by atoms with Crippen LogP contribution in [-0.2, 0) is 0 Å². The van der Waals surface area contributed by atoms with E-state index in [-0.39, 0.29) is 11.0 Å². The fourth-order valence-corrected chi connectivity index (χ4v) is 2.91. The highest BCUT2D eigenvalue weighted by molar-refractivity contribution is 7.80. The van der Waals surface area contributed by atoms with Crippen molar-refractivity contribution in [3.8, 4) is 11.5 Å². The Labute approximate surface area is 179 Å². The second-order valence-corrected chi connectivity index (χ2v) is 6.77. The van der Waals surface area contributed by atoms with Crippen molar-refractivity contribution in [3.05, 3.63) is 89.4 Å². The smallest absolute Gasteiger partial charge is 0.261 e. The van der Waals surface area contributed by atoms with Gasteiger partial charge in [0.25, 0.3) is 5.91 Å². The van der Waals surface area contributed by atoms with Gasteiger partial charge in [0, 0.05) is 10.7 Å². The van der Waals surface area contributed by atoms with E-state index in [1.807, 2.05) is 30.3 Å². The number of thiocarbonyl (C=S) groups is 1. The predicted octanol–water partition coefficient (Wildman–Crippen LogP) is 4.92. The van der Waals surface area contributed by atoms with Crippen LogP contribution in [0.4, 0.5) is 5.69 Å². The highest BCUT2D eigenvalue weighted by Crippen LogP contribution is 2.19. The van der Waals surface area contributed by atoms with Crippen molar-refractivity contribution >= 4 is 40.5 Å². The third-order valence-electron chi connectivity index (χ3n) is 3.79. The summed E-state index contributed by atoms with van der Waals surface area (Å²) in [6, 6.07) is 23.5. The second-order valence-electron chi connectivity index (χ2n) is 5.92. The molecular weight excluding hydrogens is 408 g/mol. The zero-order chi connectivity index (χ0) is 20.5. The van der Waals surface area contributed by atoms with Crippen LogP contribution < -0.4 is 20.1 Å². The lowest BCUT2D eigenvalue weighted by Crippen LogP contribution is -2.34. The van der Waals surface area contributed by atoms with E-state index in [0.29, 0.717) is 35.2 Å². The van der Waals surface area contributed by atoms with Crippen molar-refractivity contribution in [2.45, 2.75) is 0 Å². The van der Waals surface area contributed by atoms with Crippen LogP contribution in [0.1, 0.15) is 10.4 Å². The van der Waals surface area contributed by atoms with Gasteiger partial charge in [0.15, 0.2) is 5.11 Å². The standard InChI is InChI=1S/C22H19ClN2O3S/c23-16-7-6-8-17(15-16)24-22(29)25-21(26)19-11-4-5-12-20(19)28-14-13-27-18-9-2-1-3-10-18/h1-12,15H,13-14H2,(H2,24,25,26,29). The van der Waals surface area contributed by atoms with Gasteiger partial charge in [0.05, 0.1) is 5.56 Å². The molecule has 0 radical (unpaired) electrons. The molecule has 0 aliphatic rings. The average molecular weight is 427 g/mol. The summed E-state index contributed by atoms with van der Waals surface area (Å²) in [6.45, 7) is 0.652. The Morgan fingerprint density at radius 1 is 0.897 bits per heavy atom. The molecule has 0 unspecified atom stereocenters. The van der Waals surface area contributed by atoms with E-state index in [0.717, 1.165) is 5.75 Å². The van der Waals surface area contributed by atoms with Crippen LogP contribution >= 0.6 is 23.8 Å². The van der Waals surface area contributed by atoms with Crippen molar-refractivity contribution in [1.29, 1.82) is 0 Å². The number of para-hydroxylation sites is 2. The summed E-state index contributed by atoms with van der Waals surface area (Å²) < 4.78 is 11.3. The zero-order valence-corrected chi connectivity index (χ0v) is 17.0. The first kappa shape index (κ1) is 20.6. The van der Waals surface area contributed by atoms with E-state index in [9.17, 15) is 4.79 Å². The molecule has 148 valence electrons. The Kier molecular flexibility index (Phi) is 7.44. The first-order chi connectivity index (χ1) is 14.1. The highest BCUT2D eigenvalue weighted by atomic mass is 35.5. The van der Waals surface area contributed by atoms with Crippen molar-refractivity contribution in [3.63, 3.8) is 0 Å². The van der Waals surface area contributed by atoms with Gasteiger partial charge in [-0.05, 0) is 54.7 Å².